The lowest BCUT2D eigenvalue weighted by Crippen LogP contribution is -2.63. The summed E-state index contributed by atoms with van der Waals surface area (Å²) in [6.45, 7) is -1.63. The zero-order valence-corrected chi connectivity index (χ0v) is 31.8. The van der Waals surface area contributed by atoms with Gasteiger partial charge in [-0.25, -0.2) is 9.59 Å². The van der Waals surface area contributed by atoms with E-state index in [2.05, 4.69) is 0 Å². The van der Waals surface area contributed by atoms with E-state index < -0.39 is 184 Å². The van der Waals surface area contributed by atoms with Gasteiger partial charge in [0.2, 0.25) is 0 Å². The van der Waals surface area contributed by atoms with Crippen LogP contribution in [0.1, 0.15) is 44.9 Å². The molecular formula is C35H54O25. The Labute approximate surface area is 340 Å². The van der Waals surface area contributed by atoms with Gasteiger partial charge in [0.15, 0.2) is 24.8 Å². The van der Waals surface area contributed by atoms with Crippen LogP contribution in [0.3, 0.4) is 0 Å². The van der Waals surface area contributed by atoms with Gasteiger partial charge in [-0.2, -0.15) is 0 Å². The van der Waals surface area contributed by atoms with E-state index in [9.17, 15) is 80.5 Å². The molecule has 8 unspecified atom stereocenters. The molecule has 20 atom stereocenters. The van der Waals surface area contributed by atoms with E-state index in [1.54, 1.807) is 0 Å². The quantitative estimate of drug-likeness (QED) is 0.0680. The van der Waals surface area contributed by atoms with Gasteiger partial charge in [-0.3, -0.25) is 9.59 Å². The number of aliphatic hydroxyl groups is 12. The molecule has 2 saturated carbocycles. The maximum atomic E-state index is 12.1. The third-order valence-electron chi connectivity index (χ3n) is 11.5. The molecule has 0 radical (unpaired) electrons. The van der Waals surface area contributed by atoms with Crippen molar-refractivity contribution in [3.8, 4) is 0 Å². The van der Waals surface area contributed by atoms with Gasteiger partial charge in [0, 0.05) is 12.3 Å². The molecule has 3 saturated heterocycles. The fourth-order valence-electron chi connectivity index (χ4n) is 8.26. The Morgan fingerprint density at radius 3 is 1.63 bits per heavy atom. The van der Waals surface area contributed by atoms with Crippen molar-refractivity contribution in [1.29, 1.82) is 0 Å². The summed E-state index contributed by atoms with van der Waals surface area (Å²) in [4.78, 5) is 46.0. The summed E-state index contributed by atoms with van der Waals surface area (Å²) >= 11 is 0. The lowest BCUT2D eigenvalue weighted by Gasteiger charge is -2.52. The van der Waals surface area contributed by atoms with Crippen molar-refractivity contribution in [2.24, 2.45) is 11.8 Å². The molecule has 344 valence electrons. The molecule has 60 heavy (non-hydrogen) atoms. The van der Waals surface area contributed by atoms with Crippen LogP contribution >= 0.6 is 0 Å². The average Bonchev–Trinajstić information content (AvgIpc) is 3.18. The van der Waals surface area contributed by atoms with Crippen LogP contribution in [0.4, 0.5) is 0 Å². The van der Waals surface area contributed by atoms with Gasteiger partial charge in [0.25, 0.3) is 0 Å². The van der Waals surface area contributed by atoms with Crippen LogP contribution in [0.15, 0.2) is 0 Å². The van der Waals surface area contributed by atoms with Gasteiger partial charge in [-0.05, 0) is 31.6 Å². The molecule has 25 nitrogen and oxygen atoms in total. The van der Waals surface area contributed by atoms with Crippen LogP contribution in [0.5, 0.6) is 0 Å². The highest BCUT2D eigenvalue weighted by Gasteiger charge is 2.55. The summed E-state index contributed by atoms with van der Waals surface area (Å²) in [7, 11) is 0. The fourth-order valence-corrected chi connectivity index (χ4v) is 8.26. The number of carbonyl (C=O) groups excluding carboxylic acids is 2. The summed E-state index contributed by atoms with van der Waals surface area (Å²) in [5, 5.41) is 144. The predicted octanol–water partition coefficient (Wildman–Crippen LogP) is -7.45. The number of carboxylic acids is 2. The minimum atomic E-state index is -2.10. The van der Waals surface area contributed by atoms with Crippen LogP contribution in [-0.2, 0) is 52.3 Å². The largest absolute Gasteiger partial charge is 0.481 e. The van der Waals surface area contributed by atoms with Crippen molar-refractivity contribution < 1.29 is 124 Å². The third kappa shape index (κ3) is 11.4. The number of fused-ring (bicyclic) bond motifs is 1. The first-order chi connectivity index (χ1) is 28.2. The Morgan fingerprint density at radius 2 is 1.10 bits per heavy atom. The van der Waals surface area contributed by atoms with E-state index in [-0.39, 0.29) is 32.1 Å². The number of ether oxygens (including phenoxy) is 7. The number of hydrogen-bond acceptors (Lipinski definition) is 23. The zero-order valence-electron chi connectivity index (χ0n) is 31.8. The molecule has 5 fully saturated rings. The van der Waals surface area contributed by atoms with Crippen LogP contribution in [0, 0.1) is 11.8 Å². The molecule has 0 aromatic carbocycles. The maximum Gasteiger partial charge on any atom is 0.335 e. The molecular weight excluding hydrogens is 820 g/mol. The smallest absolute Gasteiger partial charge is 0.335 e. The number of carboxylic acid groups (broad SMARTS) is 2. The van der Waals surface area contributed by atoms with Crippen LogP contribution < -0.4 is 0 Å². The monoisotopic (exact) mass is 874 g/mol. The molecule has 2 aliphatic carbocycles. The molecule has 5 aliphatic rings. The Kier molecular flexibility index (Phi) is 16.6. The highest BCUT2D eigenvalue weighted by molar-refractivity contribution is 5.81. The lowest BCUT2D eigenvalue weighted by molar-refractivity contribution is -0.345. The number of rotatable bonds is 15. The van der Waals surface area contributed by atoms with Crippen molar-refractivity contribution in [2.45, 2.75) is 167 Å². The molecule has 0 spiro atoms. The number of esters is 2. The summed E-state index contributed by atoms with van der Waals surface area (Å²) in [5.41, 5.74) is 0. The van der Waals surface area contributed by atoms with E-state index >= 15 is 0 Å². The minimum Gasteiger partial charge on any atom is -0.481 e. The second-order valence-corrected chi connectivity index (χ2v) is 15.9. The SMILES string of the molecule is O=C(O)C[C@@H](O)C(=O)OC[C@H]1O[C@@H](OC2CC(O)CC3OC(C4CC(O)C(O)C(O)C4)C(O[C@H]4O[C@@H](COC(=O)C[C@H](O)C(=O)O)[C@H](O)[C@@H](O)[C@@H]4O)CC32)[C@H](O)[C@@H](O)[C@@H]1O. The van der Waals surface area contributed by atoms with Crippen LogP contribution in [0.25, 0.3) is 0 Å². The summed E-state index contributed by atoms with van der Waals surface area (Å²) in [6.07, 6.45) is -34.6. The Bertz CT molecular complexity index is 1460. The van der Waals surface area contributed by atoms with Crippen LogP contribution in [-0.4, -0.2) is 231 Å². The van der Waals surface area contributed by atoms with Gasteiger partial charge >= 0.3 is 23.9 Å². The van der Waals surface area contributed by atoms with Gasteiger partial charge in [0.1, 0.15) is 68.1 Å². The van der Waals surface area contributed by atoms with Gasteiger partial charge in [0.05, 0.1) is 55.6 Å². The zero-order chi connectivity index (χ0) is 44.3. The molecule has 5 rings (SSSR count). The van der Waals surface area contributed by atoms with E-state index in [1.165, 1.54) is 0 Å². The summed E-state index contributed by atoms with van der Waals surface area (Å²) in [6, 6.07) is 0. The van der Waals surface area contributed by atoms with Crippen molar-refractivity contribution in [2.75, 3.05) is 13.2 Å². The molecule has 0 bridgehead atoms. The minimum absolute atomic E-state index is 0.00165. The van der Waals surface area contributed by atoms with Gasteiger partial charge < -0.3 is 105 Å². The number of carbonyl (C=O) groups is 4. The first kappa shape index (κ1) is 48.2. The first-order valence-corrected chi connectivity index (χ1v) is 19.4. The predicted molar refractivity (Wildman–Crippen MR) is 184 cm³/mol. The lowest BCUT2D eigenvalue weighted by atomic mass is 9.72. The average molecular weight is 875 g/mol. The highest BCUT2D eigenvalue weighted by atomic mass is 16.7. The van der Waals surface area contributed by atoms with E-state index in [4.69, 9.17) is 43.4 Å². The fraction of sp³-hybridized carbons (Fsp3) is 0.886. The standard InChI is InChI=1S/C35H54O25/c36-11-3-17-12(18(4-11)57-34-29(49)28(48)26(46)21(60-34)9-55-33(53)16(40)6-22(41)42)5-19(31(56-17)10-1-13(37)24(44)14(38)2-10)58-35-30(50)27(47)25(45)20(59-35)8-54-23(43)7-15(39)32(51)52/h10-21,24-31,34-40,44-50H,1-9H2,(H,41,42)(H,51,52)/t10?,11?,12?,13?,14?,15-,16+,17?,18?,19?,20-,21+,24?,25-,26+,27+,28-,29+,30-,31?,34+,35-/m0/s1. The third-order valence-corrected chi connectivity index (χ3v) is 11.5. The van der Waals surface area contributed by atoms with Crippen molar-refractivity contribution in [3.63, 3.8) is 0 Å². The van der Waals surface area contributed by atoms with E-state index in [0.29, 0.717) is 0 Å². The Hall–Kier alpha value is -2.80. The molecule has 0 aromatic rings. The number of aliphatic carboxylic acids is 2. The Balaban J connectivity index is 1.35. The molecule has 0 amide bonds. The first-order valence-electron chi connectivity index (χ1n) is 19.4. The number of aliphatic hydroxyl groups excluding tert-OH is 12. The highest BCUT2D eigenvalue weighted by Crippen LogP contribution is 2.45. The van der Waals surface area contributed by atoms with Crippen molar-refractivity contribution in [1.82, 2.24) is 0 Å². The summed E-state index contributed by atoms with van der Waals surface area (Å²) < 4.78 is 39.9. The van der Waals surface area contributed by atoms with Crippen LogP contribution in [0.2, 0.25) is 0 Å². The summed E-state index contributed by atoms with van der Waals surface area (Å²) in [5.74, 6) is -7.35. The second kappa shape index (κ2) is 20.6. The van der Waals surface area contributed by atoms with Gasteiger partial charge in [-0.15, -0.1) is 0 Å². The molecule has 3 heterocycles. The van der Waals surface area contributed by atoms with E-state index in [0.717, 1.165) is 0 Å². The normalized spacial score (nSPS) is 44.5. The van der Waals surface area contributed by atoms with Crippen molar-refractivity contribution >= 4 is 23.9 Å². The topological polar surface area (TPSA) is 416 Å². The van der Waals surface area contributed by atoms with Gasteiger partial charge in [-0.1, -0.05) is 0 Å². The maximum absolute atomic E-state index is 12.1. The molecule has 25 heteroatoms. The second-order valence-electron chi connectivity index (χ2n) is 15.9. The number of hydrogen-bond donors (Lipinski definition) is 14. The van der Waals surface area contributed by atoms with Crippen molar-refractivity contribution in [3.05, 3.63) is 0 Å². The molecule has 3 aliphatic heterocycles. The molecule has 14 N–H and O–H groups in total. The molecule has 0 aromatic heterocycles. The van der Waals surface area contributed by atoms with E-state index in [1.807, 2.05) is 0 Å². The Morgan fingerprint density at radius 1 is 0.567 bits per heavy atom.